The smallest absolute Gasteiger partial charge is 0.141 e. The Morgan fingerprint density at radius 2 is 1.47 bits per heavy atom. The van der Waals surface area contributed by atoms with E-state index in [0.29, 0.717) is 28.7 Å². The van der Waals surface area contributed by atoms with Crippen molar-refractivity contribution in [3.8, 4) is 23.0 Å². The lowest BCUT2D eigenvalue weighted by atomic mass is 10.3. The van der Waals surface area contributed by atoms with Crippen molar-refractivity contribution in [2.75, 3.05) is 20.0 Å². The average Bonchev–Trinajstić information content (AvgIpc) is 2.41. The van der Waals surface area contributed by atoms with Gasteiger partial charge in [-0.3, -0.25) is 0 Å². The van der Waals surface area contributed by atoms with E-state index in [4.69, 9.17) is 19.9 Å². The summed E-state index contributed by atoms with van der Waals surface area (Å²) in [5.41, 5.74) is 6.36. The van der Waals surface area contributed by atoms with E-state index in [-0.39, 0.29) is 0 Å². The number of hydrogen-bond donors (Lipinski definition) is 1. The summed E-state index contributed by atoms with van der Waals surface area (Å²) in [6.07, 6.45) is 0. The minimum Gasteiger partial charge on any atom is -0.496 e. The SMILES string of the molecule is COc1cc(OC)cc(Oc2ccc(N)cc2Br)c1. The zero-order chi connectivity index (χ0) is 13.8. The first-order valence-corrected chi connectivity index (χ1v) is 6.37. The molecule has 19 heavy (non-hydrogen) atoms. The highest BCUT2D eigenvalue weighted by Crippen LogP contribution is 2.34. The van der Waals surface area contributed by atoms with Crippen LogP contribution in [0.25, 0.3) is 0 Å². The van der Waals surface area contributed by atoms with Crippen molar-refractivity contribution in [2.24, 2.45) is 0 Å². The lowest BCUT2D eigenvalue weighted by molar-refractivity contribution is 0.386. The van der Waals surface area contributed by atoms with Gasteiger partial charge in [-0.2, -0.15) is 0 Å². The number of nitrogen functional groups attached to an aromatic ring is 1. The highest BCUT2D eigenvalue weighted by molar-refractivity contribution is 9.10. The van der Waals surface area contributed by atoms with Crippen LogP contribution in [-0.2, 0) is 0 Å². The molecule has 0 atom stereocenters. The van der Waals surface area contributed by atoms with Crippen LogP contribution in [0.1, 0.15) is 0 Å². The van der Waals surface area contributed by atoms with Crippen molar-refractivity contribution >= 4 is 21.6 Å². The maximum absolute atomic E-state index is 5.79. The standard InChI is InChI=1S/C14H14BrNO3/c1-17-10-6-11(18-2)8-12(7-10)19-14-4-3-9(16)5-13(14)15/h3-8H,16H2,1-2H3. The lowest BCUT2D eigenvalue weighted by Crippen LogP contribution is -1.91. The lowest BCUT2D eigenvalue weighted by Gasteiger charge is -2.11. The monoisotopic (exact) mass is 323 g/mol. The van der Waals surface area contributed by atoms with E-state index in [2.05, 4.69) is 15.9 Å². The summed E-state index contributed by atoms with van der Waals surface area (Å²) in [6, 6.07) is 10.7. The zero-order valence-corrected chi connectivity index (χ0v) is 12.2. The van der Waals surface area contributed by atoms with Crippen LogP contribution in [-0.4, -0.2) is 14.2 Å². The van der Waals surface area contributed by atoms with Crippen molar-refractivity contribution in [1.82, 2.24) is 0 Å². The molecule has 0 fully saturated rings. The van der Waals surface area contributed by atoms with Gasteiger partial charge in [-0.1, -0.05) is 0 Å². The first-order valence-electron chi connectivity index (χ1n) is 5.58. The van der Waals surface area contributed by atoms with E-state index in [9.17, 15) is 0 Å². The number of anilines is 1. The Bertz CT molecular complexity index is 565. The van der Waals surface area contributed by atoms with Gasteiger partial charge in [-0.15, -0.1) is 0 Å². The quantitative estimate of drug-likeness (QED) is 0.868. The van der Waals surface area contributed by atoms with Gasteiger partial charge in [0.2, 0.25) is 0 Å². The third-order valence-electron chi connectivity index (χ3n) is 2.51. The maximum atomic E-state index is 5.79. The molecule has 0 aliphatic rings. The first-order chi connectivity index (χ1) is 9.12. The molecule has 0 aliphatic carbocycles. The zero-order valence-electron chi connectivity index (χ0n) is 10.6. The first kappa shape index (κ1) is 13.5. The molecule has 0 unspecified atom stereocenters. The van der Waals surface area contributed by atoms with Crippen LogP contribution in [0.5, 0.6) is 23.0 Å². The fourth-order valence-electron chi connectivity index (χ4n) is 1.57. The molecule has 0 spiro atoms. The highest BCUT2D eigenvalue weighted by atomic mass is 79.9. The van der Waals surface area contributed by atoms with Crippen LogP contribution in [0.2, 0.25) is 0 Å². The maximum Gasteiger partial charge on any atom is 0.141 e. The molecule has 2 aromatic carbocycles. The minimum atomic E-state index is 0.627. The van der Waals surface area contributed by atoms with Gasteiger partial charge < -0.3 is 19.9 Å². The molecule has 2 aromatic rings. The van der Waals surface area contributed by atoms with Crippen LogP contribution in [0.15, 0.2) is 40.9 Å². The van der Waals surface area contributed by atoms with E-state index in [1.165, 1.54) is 0 Å². The molecule has 100 valence electrons. The summed E-state index contributed by atoms with van der Waals surface area (Å²) >= 11 is 3.41. The molecule has 0 radical (unpaired) electrons. The second-order valence-electron chi connectivity index (χ2n) is 3.84. The predicted molar refractivity (Wildman–Crippen MR) is 78.2 cm³/mol. The Hall–Kier alpha value is -1.88. The normalized spacial score (nSPS) is 10.1. The van der Waals surface area contributed by atoms with E-state index in [1.807, 2.05) is 0 Å². The molecule has 2 N–H and O–H groups in total. The molecule has 2 rings (SSSR count). The predicted octanol–water partition coefficient (Wildman–Crippen LogP) is 3.84. The van der Waals surface area contributed by atoms with Gasteiger partial charge in [0.25, 0.3) is 0 Å². The number of halogens is 1. The van der Waals surface area contributed by atoms with E-state index < -0.39 is 0 Å². The molecule has 0 heterocycles. The van der Waals surface area contributed by atoms with Crippen LogP contribution in [0.3, 0.4) is 0 Å². The molecular formula is C14H14BrNO3. The van der Waals surface area contributed by atoms with E-state index in [0.717, 1.165) is 4.47 Å². The van der Waals surface area contributed by atoms with Crippen molar-refractivity contribution < 1.29 is 14.2 Å². The van der Waals surface area contributed by atoms with Gasteiger partial charge in [0.05, 0.1) is 18.7 Å². The third-order valence-corrected chi connectivity index (χ3v) is 3.13. The van der Waals surface area contributed by atoms with Gasteiger partial charge in [-0.05, 0) is 34.1 Å². The number of benzene rings is 2. The number of methoxy groups -OCH3 is 2. The van der Waals surface area contributed by atoms with Crippen LogP contribution >= 0.6 is 15.9 Å². The van der Waals surface area contributed by atoms with E-state index >= 15 is 0 Å². The number of rotatable bonds is 4. The summed E-state index contributed by atoms with van der Waals surface area (Å²) in [5.74, 6) is 2.63. The summed E-state index contributed by atoms with van der Waals surface area (Å²) < 4.78 is 17.0. The van der Waals surface area contributed by atoms with Crippen LogP contribution in [0.4, 0.5) is 5.69 Å². The summed E-state index contributed by atoms with van der Waals surface area (Å²) in [4.78, 5) is 0. The Morgan fingerprint density at radius 1 is 0.895 bits per heavy atom. The Balaban J connectivity index is 2.31. The average molecular weight is 324 g/mol. The van der Waals surface area contributed by atoms with Crippen molar-refractivity contribution in [2.45, 2.75) is 0 Å². The largest absolute Gasteiger partial charge is 0.496 e. The molecule has 0 aliphatic heterocycles. The van der Waals surface area contributed by atoms with Gasteiger partial charge in [-0.25, -0.2) is 0 Å². The summed E-state index contributed by atoms with van der Waals surface area (Å²) in [6.45, 7) is 0. The molecule has 0 saturated carbocycles. The van der Waals surface area contributed by atoms with Gasteiger partial charge in [0, 0.05) is 23.9 Å². The molecular weight excluding hydrogens is 310 g/mol. The van der Waals surface area contributed by atoms with Crippen LogP contribution < -0.4 is 19.9 Å². The van der Waals surface area contributed by atoms with Gasteiger partial charge >= 0.3 is 0 Å². The molecule has 0 saturated heterocycles. The number of nitrogens with two attached hydrogens (primary N) is 1. The second-order valence-corrected chi connectivity index (χ2v) is 4.69. The molecule has 5 heteroatoms. The fraction of sp³-hybridized carbons (Fsp3) is 0.143. The Labute approximate surface area is 120 Å². The van der Waals surface area contributed by atoms with Crippen molar-refractivity contribution in [1.29, 1.82) is 0 Å². The minimum absolute atomic E-state index is 0.627. The van der Waals surface area contributed by atoms with Gasteiger partial charge in [0.1, 0.15) is 23.0 Å². The van der Waals surface area contributed by atoms with E-state index in [1.54, 1.807) is 50.6 Å². The van der Waals surface area contributed by atoms with Crippen molar-refractivity contribution in [3.63, 3.8) is 0 Å². The molecule has 4 nitrogen and oxygen atoms in total. The Morgan fingerprint density at radius 3 is 2.00 bits per heavy atom. The van der Waals surface area contributed by atoms with Gasteiger partial charge in [0.15, 0.2) is 0 Å². The Kier molecular flexibility index (Phi) is 4.16. The number of hydrogen-bond acceptors (Lipinski definition) is 4. The van der Waals surface area contributed by atoms with Crippen molar-refractivity contribution in [3.05, 3.63) is 40.9 Å². The molecule has 0 aromatic heterocycles. The summed E-state index contributed by atoms with van der Waals surface area (Å²) in [7, 11) is 3.19. The molecule has 0 amide bonds. The summed E-state index contributed by atoms with van der Waals surface area (Å²) in [5, 5.41) is 0. The molecule has 0 bridgehead atoms. The highest BCUT2D eigenvalue weighted by Gasteiger charge is 2.07. The third kappa shape index (κ3) is 3.32. The number of ether oxygens (including phenoxy) is 3. The second kappa shape index (κ2) is 5.84. The fourth-order valence-corrected chi connectivity index (χ4v) is 2.04. The van der Waals surface area contributed by atoms with Crippen LogP contribution in [0, 0.1) is 0 Å². The topological polar surface area (TPSA) is 53.7 Å².